The highest BCUT2D eigenvalue weighted by atomic mass is 32.1. The monoisotopic (exact) mass is 301 g/mol. The number of primary amides is 1. The Kier molecular flexibility index (Phi) is 5.75. The second-order valence-corrected chi connectivity index (χ2v) is 5.34. The molecule has 1 amide bonds. The standard InChI is InChI=1S/C12H19N3O4S/c1-4-18-9(16)12(2,3)8-7-20-11(15-8)14-5-6-19-10(13)17/h7H,4-6H2,1-3H3,(H2,13,17)(H,14,15). The molecule has 0 spiro atoms. The van der Waals surface area contributed by atoms with E-state index >= 15 is 0 Å². The van der Waals surface area contributed by atoms with Crippen molar-refractivity contribution >= 4 is 28.5 Å². The fourth-order valence-corrected chi connectivity index (χ4v) is 2.27. The van der Waals surface area contributed by atoms with E-state index in [0.29, 0.717) is 24.0 Å². The third kappa shape index (κ3) is 4.37. The molecule has 0 saturated heterocycles. The van der Waals surface area contributed by atoms with Gasteiger partial charge in [0.15, 0.2) is 5.13 Å². The Hall–Kier alpha value is -1.83. The highest BCUT2D eigenvalue weighted by Gasteiger charge is 2.33. The molecule has 0 atom stereocenters. The van der Waals surface area contributed by atoms with Crippen LogP contribution in [0.3, 0.4) is 0 Å². The van der Waals surface area contributed by atoms with Gasteiger partial charge in [-0.3, -0.25) is 4.79 Å². The van der Waals surface area contributed by atoms with Gasteiger partial charge in [0.05, 0.1) is 18.8 Å². The molecular weight excluding hydrogens is 282 g/mol. The van der Waals surface area contributed by atoms with Gasteiger partial charge in [-0.1, -0.05) is 0 Å². The lowest BCUT2D eigenvalue weighted by Crippen LogP contribution is -2.31. The van der Waals surface area contributed by atoms with Gasteiger partial charge in [0.25, 0.3) is 0 Å². The number of hydrogen-bond donors (Lipinski definition) is 2. The first-order valence-electron chi connectivity index (χ1n) is 6.17. The van der Waals surface area contributed by atoms with Gasteiger partial charge in [0, 0.05) is 5.38 Å². The molecule has 1 aromatic heterocycles. The highest BCUT2D eigenvalue weighted by molar-refractivity contribution is 7.13. The van der Waals surface area contributed by atoms with E-state index in [1.807, 2.05) is 0 Å². The number of aromatic nitrogens is 1. The molecule has 1 rings (SSSR count). The summed E-state index contributed by atoms with van der Waals surface area (Å²) in [6.45, 7) is 6.18. The summed E-state index contributed by atoms with van der Waals surface area (Å²) < 4.78 is 9.62. The first-order valence-corrected chi connectivity index (χ1v) is 7.05. The molecule has 7 nitrogen and oxygen atoms in total. The number of hydrogen-bond acceptors (Lipinski definition) is 7. The maximum Gasteiger partial charge on any atom is 0.404 e. The number of carbonyl (C=O) groups excluding carboxylic acids is 2. The third-order valence-electron chi connectivity index (χ3n) is 2.55. The molecular formula is C12H19N3O4S. The van der Waals surface area contributed by atoms with Gasteiger partial charge in [0.1, 0.15) is 12.0 Å². The van der Waals surface area contributed by atoms with E-state index in [1.54, 1.807) is 26.2 Å². The lowest BCUT2D eigenvalue weighted by atomic mass is 9.90. The van der Waals surface area contributed by atoms with Crippen molar-refractivity contribution in [2.75, 3.05) is 25.1 Å². The lowest BCUT2D eigenvalue weighted by Gasteiger charge is -2.19. The van der Waals surface area contributed by atoms with E-state index in [-0.39, 0.29) is 12.6 Å². The van der Waals surface area contributed by atoms with Gasteiger partial charge in [-0.25, -0.2) is 9.78 Å². The van der Waals surface area contributed by atoms with Crippen molar-refractivity contribution in [1.29, 1.82) is 0 Å². The molecule has 0 aliphatic rings. The summed E-state index contributed by atoms with van der Waals surface area (Å²) in [5.41, 5.74) is 4.68. The Balaban J connectivity index is 2.58. The third-order valence-corrected chi connectivity index (χ3v) is 3.35. The van der Waals surface area contributed by atoms with Crippen molar-refractivity contribution in [3.63, 3.8) is 0 Å². The first kappa shape index (κ1) is 16.2. The molecule has 0 unspecified atom stereocenters. The number of thiazole rings is 1. The van der Waals surface area contributed by atoms with Crippen molar-refractivity contribution < 1.29 is 19.1 Å². The number of nitrogens with one attached hydrogen (secondary N) is 1. The van der Waals surface area contributed by atoms with Gasteiger partial charge >= 0.3 is 12.1 Å². The average Bonchev–Trinajstić information content (AvgIpc) is 2.84. The molecule has 1 heterocycles. The van der Waals surface area contributed by atoms with E-state index in [0.717, 1.165) is 0 Å². The lowest BCUT2D eigenvalue weighted by molar-refractivity contribution is -0.148. The molecule has 0 saturated carbocycles. The second kappa shape index (κ2) is 7.09. The van der Waals surface area contributed by atoms with Gasteiger partial charge in [-0.2, -0.15) is 0 Å². The topological polar surface area (TPSA) is 104 Å². The molecule has 0 bridgehead atoms. The van der Waals surface area contributed by atoms with Crippen LogP contribution in [0.15, 0.2) is 5.38 Å². The number of rotatable bonds is 7. The van der Waals surface area contributed by atoms with Gasteiger partial charge < -0.3 is 20.5 Å². The molecule has 0 radical (unpaired) electrons. The zero-order chi connectivity index (χ0) is 15.2. The van der Waals surface area contributed by atoms with Crippen LogP contribution in [0.5, 0.6) is 0 Å². The Labute approximate surface area is 121 Å². The Morgan fingerprint density at radius 3 is 2.75 bits per heavy atom. The SMILES string of the molecule is CCOC(=O)C(C)(C)c1csc(NCCOC(N)=O)n1. The summed E-state index contributed by atoms with van der Waals surface area (Å²) in [5.74, 6) is -0.311. The van der Waals surface area contributed by atoms with Crippen molar-refractivity contribution in [3.05, 3.63) is 11.1 Å². The Bertz CT molecular complexity index is 473. The zero-order valence-electron chi connectivity index (χ0n) is 11.8. The average molecular weight is 301 g/mol. The van der Waals surface area contributed by atoms with Crippen LogP contribution in [-0.2, 0) is 19.7 Å². The Morgan fingerprint density at radius 1 is 1.45 bits per heavy atom. The van der Waals surface area contributed by atoms with Gasteiger partial charge in [-0.05, 0) is 20.8 Å². The van der Waals surface area contributed by atoms with Crippen molar-refractivity contribution in [2.45, 2.75) is 26.2 Å². The van der Waals surface area contributed by atoms with E-state index < -0.39 is 11.5 Å². The van der Waals surface area contributed by atoms with E-state index in [4.69, 9.17) is 10.5 Å². The van der Waals surface area contributed by atoms with E-state index in [1.165, 1.54) is 11.3 Å². The largest absolute Gasteiger partial charge is 0.465 e. The number of anilines is 1. The molecule has 112 valence electrons. The summed E-state index contributed by atoms with van der Waals surface area (Å²) >= 11 is 1.37. The highest BCUT2D eigenvalue weighted by Crippen LogP contribution is 2.28. The fourth-order valence-electron chi connectivity index (χ4n) is 1.37. The van der Waals surface area contributed by atoms with Crippen molar-refractivity contribution in [2.24, 2.45) is 5.73 Å². The van der Waals surface area contributed by atoms with Crippen LogP contribution in [0.25, 0.3) is 0 Å². The first-order chi connectivity index (χ1) is 9.37. The van der Waals surface area contributed by atoms with Crippen LogP contribution in [0.4, 0.5) is 9.93 Å². The van der Waals surface area contributed by atoms with Crippen LogP contribution < -0.4 is 11.1 Å². The maximum absolute atomic E-state index is 11.9. The minimum Gasteiger partial charge on any atom is -0.465 e. The normalized spacial score (nSPS) is 10.9. The minimum absolute atomic E-state index is 0.158. The smallest absolute Gasteiger partial charge is 0.404 e. The van der Waals surface area contributed by atoms with Crippen LogP contribution in [0, 0.1) is 0 Å². The number of carbonyl (C=O) groups is 2. The van der Waals surface area contributed by atoms with Crippen LogP contribution in [0.2, 0.25) is 0 Å². The van der Waals surface area contributed by atoms with Gasteiger partial charge in [-0.15, -0.1) is 11.3 Å². The molecule has 1 aromatic rings. The molecule has 0 aromatic carbocycles. The summed E-state index contributed by atoms with van der Waals surface area (Å²) in [6.07, 6.45) is -0.810. The summed E-state index contributed by atoms with van der Waals surface area (Å²) in [5, 5.41) is 5.43. The van der Waals surface area contributed by atoms with Crippen LogP contribution in [0.1, 0.15) is 26.5 Å². The Morgan fingerprint density at radius 2 is 2.15 bits per heavy atom. The summed E-state index contributed by atoms with van der Waals surface area (Å²) in [7, 11) is 0. The second-order valence-electron chi connectivity index (χ2n) is 4.48. The summed E-state index contributed by atoms with van der Waals surface area (Å²) in [4.78, 5) is 26.6. The van der Waals surface area contributed by atoms with Crippen LogP contribution in [-0.4, -0.2) is 36.8 Å². The molecule has 20 heavy (non-hydrogen) atoms. The predicted octanol–water partition coefficient (Wildman–Crippen LogP) is 1.49. The summed E-state index contributed by atoms with van der Waals surface area (Å²) in [6, 6.07) is 0. The molecule has 0 aliphatic carbocycles. The number of nitrogens with zero attached hydrogens (tertiary/aromatic N) is 1. The number of amides is 1. The maximum atomic E-state index is 11.9. The molecule has 0 aliphatic heterocycles. The fraction of sp³-hybridized carbons (Fsp3) is 0.583. The molecule has 8 heteroatoms. The van der Waals surface area contributed by atoms with Crippen LogP contribution >= 0.6 is 11.3 Å². The predicted molar refractivity (Wildman–Crippen MR) is 75.8 cm³/mol. The van der Waals surface area contributed by atoms with E-state index in [2.05, 4.69) is 15.0 Å². The number of esters is 1. The molecule has 3 N–H and O–H groups in total. The number of ether oxygens (including phenoxy) is 2. The minimum atomic E-state index is -0.810. The van der Waals surface area contributed by atoms with E-state index in [9.17, 15) is 9.59 Å². The quantitative estimate of drug-likeness (QED) is 0.584. The van der Waals surface area contributed by atoms with Crippen molar-refractivity contribution in [3.8, 4) is 0 Å². The number of nitrogens with two attached hydrogens (primary N) is 1. The molecule has 0 fully saturated rings. The van der Waals surface area contributed by atoms with Gasteiger partial charge in [0.2, 0.25) is 0 Å². The van der Waals surface area contributed by atoms with Crippen molar-refractivity contribution in [1.82, 2.24) is 4.98 Å². The zero-order valence-corrected chi connectivity index (χ0v) is 12.6.